The van der Waals surface area contributed by atoms with Crippen LogP contribution in [-0.4, -0.2) is 43.5 Å². The van der Waals surface area contributed by atoms with Crippen LogP contribution in [0.4, 0.5) is 18.9 Å². The quantitative estimate of drug-likeness (QED) is 0.731. The maximum Gasteiger partial charge on any atom is 0.263 e. The molecule has 150 valence electrons. The minimum atomic E-state index is -1.69. The summed E-state index contributed by atoms with van der Waals surface area (Å²) in [5.41, 5.74) is -0.521. The van der Waals surface area contributed by atoms with E-state index in [1.165, 1.54) is 21.1 Å². The number of ether oxygens (including phenoxy) is 2. The zero-order valence-electron chi connectivity index (χ0n) is 15.5. The van der Waals surface area contributed by atoms with Crippen LogP contribution in [0.1, 0.15) is 6.92 Å². The van der Waals surface area contributed by atoms with E-state index in [-0.39, 0.29) is 0 Å². The fourth-order valence-electron chi connectivity index (χ4n) is 2.32. The van der Waals surface area contributed by atoms with E-state index in [9.17, 15) is 22.8 Å². The van der Waals surface area contributed by atoms with Gasteiger partial charge in [0.25, 0.3) is 5.91 Å². The average Bonchev–Trinajstić information content (AvgIpc) is 2.68. The van der Waals surface area contributed by atoms with E-state index in [1.807, 2.05) is 0 Å². The molecule has 2 rings (SSSR count). The maximum atomic E-state index is 13.6. The number of rotatable bonds is 7. The summed E-state index contributed by atoms with van der Waals surface area (Å²) >= 11 is 0. The molecular formula is C19H19F3N2O4. The first-order chi connectivity index (χ1) is 13.2. The van der Waals surface area contributed by atoms with Gasteiger partial charge in [0.05, 0.1) is 19.3 Å². The number of amides is 2. The molecule has 2 amide bonds. The molecular weight excluding hydrogens is 377 g/mol. The van der Waals surface area contributed by atoms with Crippen molar-refractivity contribution in [1.29, 1.82) is 0 Å². The SMILES string of the molecule is COc1ccc(OC(C)C(=O)N(C)CC(=O)Nc2ccc(F)c(F)c2F)cc1. The van der Waals surface area contributed by atoms with E-state index in [1.54, 1.807) is 24.3 Å². The second kappa shape index (κ2) is 9.12. The summed E-state index contributed by atoms with van der Waals surface area (Å²) in [5.74, 6) is -4.79. The Bertz CT molecular complexity index is 859. The van der Waals surface area contributed by atoms with Crippen molar-refractivity contribution in [2.75, 3.05) is 26.0 Å². The second-order valence-electron chi connectivity index (χ2n) is 5.90. The molecule has 0 saturated carbocycles. The normalized spacial score (nSPS) is 11.5. The third-order valence-corrected chi connectivity index (χ3v) is 3.79. The number of anilines is 1. The van der Waals surface area contributed by atoms with Crippen molar-refractivity contribution in [2.24, 2.45) is 0 Å². The minimum absolute atomic E-state index is 0.434. The van der Waals surface area contributed by atoms with Crippen molar-refractivity contribution in [1.82, 2.24) is 4.90 Å². The molecule has 2 aromatic carbocycles. The first kappa shape index (κ1) is 21.1. The Labute approximate surface area is 159 Å². The number of methoxy groups -OCH3 is 1. The van der Waals surface area contributed by atoms with Crippen molar-refractivity contribution in [3.8, 4) is 11.5 Å². The lowest BCUT2D eigenvalue weighted by Crippen LogP contribution is -2.42. The van der Waals surface area contributed by atoms with Gasteiger partial charge in [-0.2, -0.15) is 0 Å². The number of carbonyl (C=O) groups excluding carboxylic acids is 2. The third-order valence-electron chi connectivity index (χ3n) is 3.79. The number of likely N-dealkylation sites (N-methyl/N-ethyl adjacent to an activating group) is 1. The molecule has 28 heavy (non-hydrogen) atoms. The Morgan fingerprint density at radius 2 is 1.64 bits per heavy atom. The zero-order valence-corrected chi connectivity index (χ0v) is 15.5. The number of nitrogens with zero attached hydrogens (tertiary/aromatic N) is 1. The van der Waals surface area contributed by atoms with Gasteiger partial charge in [-0.15, -0.1) is 0 Å². The molecule has 1 atom stereocenters. The fraction of sp³-hybridized carbons (Fsp3) is 0.263. The highest BCUT2D eigenvalue weighted by Crippen LogP contribution is 2.20. The molecule has 0 aliphatic rings. The second-order valence-corrected chi connectivity index (χ2v) is 5.90. The van der Waals surface area contributed by atoms with E-state index in [0.717, 1.165) is 11.0 Å². The molecule has 0 bridgehead atoms. The molecule has 0 radical (unpaired) electrons. The molecule has 0 aliphatic heterocycles. The number of nitrogens with one attached hydrogen (secondary N) is 1. The summed E-state index contributed by atoms with van der Waals surface area (Å²) < 4.78 is 50.3. The van der Waals surface area contributed by atoms with Gasteiger partial charge in [0, 0.05) is 7.05 Å². The summed E-state index contributed by atoms with van der Waals surface area (Å²) in [4.78, 5) is 25.4. The summed E-state index contributed by atoms with van der Waals surface area (Å²) in [7, 11) is 2.88. The van der Waals surface area contributed by atoms with Gasteiger partial charge in [0.1, 0.15) is 11.5 Å². The molecule has 0 heterocycles. The van der Waals surface area contributed by atoms with Gasteiger partial charge in [-0.1, -0.05) is 0 Å². The number of benzene rings is 2. The van der Waals surface area contributed by atoms with Crippen molar-refractivity contribution in [3.63, 3.8) is 0 Å². The molecule has 0 saturated heterocycles. The van der Waals surface area contributed by atoms with Crippen molar-refractivity contribution < 1.29 is 32.2 Å². The molecule has 6 nitrogen and oxygen atoms in total. The van der Waals surface area contributed by atoms with Gasteiger partial charge in [-0.05, 0) is 43.3 Å². The highest BCUT2D eigenvalue weighted by Gasteiger charge is 2.22. The van der Waals surface area contributed by atoms with Crippen LogP contribution in [0.3, 0.4) is 0 Å². The summed E-state index contributed by atoms with van der Waals surface area (Å²) in [6.45, 7) is 1.07. The minimum Gasteiger partial charge on any atom is -0.497 e. The van der Waals surface area contributed by atoms with Crippen LogP contribution in [0.5, 0.6) is 11.5 Å². The van der Waals surface area contributed by atoms with Gasteiger partial charge in [-0.25, -0.2) is 13.2 Å². The Kier molecular flexibility index (Phi) is 6.86. The van der Waals surface area contributed by atoms with Crippen molar-refractivity contribution >= 4 is 17.5 Å². The smallest absolute Gasteiger partial charge is 0.263 e. The van der Waals surface area contributed by atoms with Crippen molar-refractivity contribution in [2.45, 2.75) is 13.0 Å². The Balaban J connectivity index is 1.93. The monoisotopic (exact) mass is 396 g/mol. The Hall–Kier alpha value is -3.23. The molecule has 0 aromatic heterocycles. The van der Waals surface area contributed by atoms with Crippen LogP contribution in [0, 0.1) is 17.5 Å². The Morgan fingerprint density at radius 1 is 1.04 bits per heavy atom. The average molecular weight is 396 g/mol. The first-order valence-corrected chi connectivity index (χ1v) is 8.22. The van der Waals surface area contributed by atoms with Crippen LogP contribution >= 0.6 is 0 Å². The van der Waals surface area contributed by atoms with Crippen LogP contribution in [0.15, 0.2) is 36.4 Å². The van der Waals surface area contributed by atoms with E-state index < -0.39 is 47.6 Å². The van der Waals surface area contributed by atoms with Gasteiger partial charge >= 0.3 is 0 Å². The predicted octanol–water partition coefficient (Wildman–Crippen LogP) is 2.98. The van der Waals surface area contributed by atoms with E-state index in [2.05, 4.69) is 5.32 Å². The topological polar surface area (TPSA) is 67.9 Å². The summed E-state index contributed by atoms with van der Waals surface area (Å²) in [5, 5.41) is 2.10. The number of hydrogen-bond acceptors (Lipinski definition) is 4. The van der Waals surface area contributed by atoms with Crippen molar-refractivity contribution in [3.05, 3.63) is 53.8 Å². The molecule has 0 spiro atoms. The van der Waals surface area contributed by atoms with Crippen LogP contribution in [-0.2, 0) is 9.59 Å². The van der Waals surface area contributed by atoms with Gasteiger partial charge < -0.3 is 19.7 Å². The summed E-state index contributed by atoms with van der Waals surface area (Å²) in [6.07, 6.45) is -0.897. The van der Waals surface area contributed by atoms with E-state index in [0.29, 0.717) is 17.6 Å². The molecule has 9 heteroatoms. The van der Waals surface area contributed by atoms with Gasteiger partial charge in [0.2, 0.25) is 5.91 Å². The number of hydrogen-bond donors (Lipinski definition) is 1. The highest BCUT2D eigenvalue weighted by atomic mass is 19.2. The molecule has 0 fully saturated rings. The number of carbonyl (C=O) groups is 2. The van der Waals surface area contributed by atoms with E-state index >= 15 is 0 Å². The molecule has 2 aromatic rings. The standard InChI is InChI=1S/C19H19F3N2O4/c1-11(28-13-6-4-12(27-3)5-7-13)19(26)24(2)10-16(25)23-15-9-8-14(20)17(21)18(15)22/h4-9,11H,10H2,1-3H3,(H,23,25). The highest BCUT2D eigenvalue weighted by molar-refractivity contribution is 5.95. The van der Waals surface area contributed by atoms with Crippen LogP contribution < -0.4 is 14.8 Å². The van der Waals surface area contributed by atoms with Gasteiger partial charge in [0.15, 0.2) is 23.6 Å². The molecule has 0 aliphatic carbocycles. The van der Waals surface area contributed by atoms with Crippen LogP contribution in [0.25, 0.3) is 0 Å². The first-order valence-electron chi connectivity index (χ1n) is 8.22. The molecule has 1 unspecified atom stereocenters. The third kappa shape index (κ3) is 5.15. The zero-order chi connectivity index (χ0) is 20.8. The van der Waals surface area contributed by atoms with E-state index in [4.69, 9.17) is 9.47 Å². The lowest BCUT2D eigenvalue weighted by molar-refractivity contribution is -0.139. The lowest BCUT2D eigenvalue weighted by atomic mass is 10.2. The Morgan fingerprint density at radius 3 is 2.25 bits per heavy atom. The largest absolute Gasteiger partial charge is 0.497 e. The van der Waals surface area contributed by atoms with Crippen LogP contribution in [0.2, 0.25) is 0 Å². The maximum absolute atomic E-state index is 13.6. The summed E-state index contributed by atoms with van der Waals surface area (Å²) in [6, 6.07) is 8.17. The molecule has 1 N–H and O–H groups in total. The lowest BCUT2D eigenvalue weighted by Gasteiger charge is -2.22. The fourth-order valence-corrected chi connectivity index (χ4v) is 2.32. The number of halogens is 3. The van der Waals surface area contributed by atoms with Gasteiger partial charge in [-0.3, -0.25) is 9.59 Å². The predicted molar refractivity (Wildman–Crippen MR) is 95.7 cm³/mol.